The van der Waals surface area contributed by atoms with Gasteiger partial charge in [-0.1, -0.05) is 0 Å². The Kier molecular flexibility index (Phi) is 7.05. The lowest BCUT2D eigenvalue weighted by Gasteiger charge is -2.27. The van der Waals surface area contributed by atoms with Gasteiger partial charge in [0.25, 0.3) is 10.2 Å². The summed E-state index contributed by atoms with van der Waals surface area (Å²) in [6.45, 7) is 5.84. The average molecular weight is 280 g/mol. The van der Waals surface area contributed by atoms with Crippen molar-refractivity contribution in [1.82, 2.24) is 19.2 Å². The lowest BCUT2D eigenvalue weighted by molar-refractivity contribution is 0.184. The van der Waals surface area contributed by atoms with Crippen LogP contribution in [0.4, 0.5) is 0 Å². The van der Waals surface area contributed by atoms with Crippen LogP contribution in [0.15, 0.2) is 0 Å². The minimum Gasteiger partial charge on any atom is -0.383 e. The minimum atomic E-state index is -3.37. The summed E-state index contributed by atoms with van der Waals surface area (Å²) in [4.78, 5) is 2.24. The lowest BCUT2D eigenvalue weighted by atomic mass is 10.3. The smallest absolute Gasteiger partial charge is 0.279 e. The van der Waals surface area contributed by atoms with E-state index >= 15 is 0 Å². The van der Waals surface area contributed by atoms with E-state index in [1.54, 1.807) is 14.2 Å². The van der Waals surface area contributed by atoms with Crippen molar-refractivity contribution < 1.29 is 13.2 Å². The van der Waals surface area contributed by atoms with Crippen molar-refractivity contribution in [3.63, 3.8) is 0 Å². The van der Waals surface area contributed by atoms with Gasteiger partial charge in [0.1, 0.15) is 0 Å². The van der Waals surface area contributed by atoms with Crippen molar-refractivity contribution in [2.45, 2.75) is 0 Å². The van der Waals surface area contributed by atoms with E-state index in [-0.39, 0.29) is 0 Å². The Morgan fingerprint density at radius 2 is 2.06 bits per heavy atom. The Bertz CT molecular complexity index is 317. The van der Waals surface area contributed by atoms with Gasteiger partial charge in [-0.25, -0.2) is 4.72 Å². The van der Waals surface area contributed by atoms with Crippen molar-refractivity contribution in [2.24, 2.45) is 0 Å². The Hall–Kier alpha value is -0.250. The molecule has 0 saturated carbocycles. The molecule has 0 aromatic rings. The molecule has 0 unspecified atom stereocenters. The molecule has 2 N–H and O–H groups in total. The Balaban J connectivity index is 2.23. The molecule has 1 heterocycles. The summed E-state index contributed by atoms with van der Waals surface area (Å²) in [6.07, 6.45) is 0. The maximum Gasteiger partial charge on any atom is 0.279 e. The summed E-state index contributed by atoms with van der Waals surface area (Å²) >= 11 is 0. The summed E-state index contributed by atoms with van der Waals surface area (Å²) in [6, 6.07) is 0. The highest BCUT2D eigenvalue weighted by atomic mass is 32.2. The zero-order valence-electron chi connectivity index (χ0n) is 11.2. The molecule has 0 aliphatic carbocycles. The van der Waals surface area contributed by atoms with Crippen molar-refractivity contribution in [3.8, 4) is 0 Å². The SMILES string of the molecule is COCCN(C)S(=O)(=O)NCCN1CCNCC1. The van der Waals surface area contributed by atoms with Crippen LogP contribution in [-0.4, -0.2) is 84.2 Å². The molecule has 1 aliphatic heterocycles. The third kappa shape index (κ3) is 5.59. The van der Waals surface area contributed by atoms with Gasteiger partial charge in [-0.2, -0.15) is 12.7 Å². The van der Waals surface area contributed by atoms with Gasteiger partial charge in [-0.15, -0.1) is 0 Å². The molecule has 0 bridgehead atoms. The van der Waals surface area contributed by atoms with Crippen LogP contribution >= 0.6 is 0 Å². The van der Waals surface area contributed by atoms with E-state index in [1.807, 2.05) is 0 Å². The van der Waals surface area contributed by atoms with Crippen LogP contribution in [0.2, 0.25) is 0 Å². The first kappa shape index (κ1) is 15.8. The Labute approximate surface area is 110 Å². The largest absolute Gasteiger partial charge is 0.383 e. The second-order valence-electron chi connectivity index (χ2n) is 4.31. The lowest BCUT2D eigenvalue weighted by Crippen LogP contribution is -2.47. The van der Waals surface area contributed by atoms with Gasteiger partial charge in [0.15, 0.2) is 0 Å². The summed E-state index contributed by atoms with van der Waals surface area (Å²) in [5.41, 5.74) is 0. The van der Waals surface area contributed by atoms with Gasteiger partial charge in [0, 0.05) is 60.0 Å². The molecule has 0 radical (unpaired) electrons. The fourth-order valence-corrected chi connectivity index (χ4v) is 2.60. The molecule has 18 heavy (non-hydrogen) atoms. The van der Waals surface area contributed by atoms with Crippen LogP contribution < -0.4 is 10.0 Å². The molecule has 108 valence electrons. The van der Waals surface area contributed by atoms with Gasteiger partial charge in [-0.05, 0) is 0 Å². The van der Waals surface area contributed by atoms with Crippen molar-refractivity contribution in [3.05, 3.63) is 0 Å². The van der Waals surface area contributed by atoms with Gasteiger partial charge >= 0.3 is 0 Å². The molecule has 0 atom stereocenters. The molecular weight excluding hydrogens is 256 g/mol. The summed E-state index contributed by atoms with van der Waals surface area (Å²) in [7, 11) is -0.271. The molecular formula is C10H24N4O3S. The predicted octanol–water partition coefficient (Wildman–Crippen LogP) is -1.70. The number of hydrogen-bond acceptors (Lipinski definition) is 5. The Morgan fingerprint density at radius 3 is 2.67 bits per heavy atom. The molecule has 1 rings (SSSR count). The molecule has 0 aromatic carbocycles. The predicted molar refractivity (Wildman–Crippen MR) is 70.7 cm³/mol. The standard InChI is InChI=1S/C10H24N4O3S/c1-13(9-10-17-2)18(15,16)12-5-8-14-6-3-11-4-7-14/h11-12H,3-10H2,1-2H3. The molecule has 8 heteroatoms. The van der Waals surface area contributed by atoms with E-state index in [0.29, 0.717) is 19.7 Å². The molecule has 0 amide bonds. The molecule has 0 aromatic heterocycles. The second kappa shape index (κ2) is 8.03. The van der Waals surface area contributed by atoms with Crippen molar-refractivity contribution >= 4 is 10.2 Å². The molecule has 7 nitrogen and oxygen atoms in total. The number of ether oxygens (including phenoxy) is 1. The fraction of sp³-hybridized carbons (Fsp3) is 1.00. The second-order valence-corrected chi connectivity index (χ2v) is 6.17. The van der Waals surface area contributed by atoms with Crippen LogP contribution in [0.25, 0.3) is 0 Å². The van der Waals surface area contributed by atoms with Gasteiger partial charge in [0.2, 0.25) is 0 Å². The van der Waals surface area contributed by atoms with Crippen LogP contribution in [0.1, 0.15) is 0 Å². The zero-order valence-corrected chi connectivity index (χ0v) is 12.0. The number of likely N-dealkylation sites (N-methyl/N-ethyl adjacent to an activating group) is 1. The maximum absolute atomic E-state index is 11.8. The zero-order chi connectivity index (χ0) is 13.4. The summed E-state index contributed by atoms with van der Waals surface area (Å²) < 4.78 is 32.3. The minimum absolute atomic E-state index is 0.361. The number of nitrogens with one attached hydrogen (secondary N) is 2. The van der Waals surface area contributed by atoms with Gasteiger partial charge in [-0.3, -0.25) is 4.90 Å². The highest BCUT2D eigenvalue weighted by Crippen LogP contribution is 1.94. The van der Waals surface area contributed by atoms with E-state index in [4.69, 9.17) is 4.74 Å². The van der Waals surface area contributed by atoms with Crippen LogP contribution in [-0.2, 0) is 14.9 Å². The van der Waals surface area contributed by atoms with E-state index in [1.165, 1.54) is 4.31 Å². The first-order valence-corrected chi connectivity index (χ1v) is 7.63. The highest BCUT2D eigenvalue weighted by molar-refractivity contribution is 7.87. The summed E-state index contributed by atoms with van der Waals surface area (Å²) in [5.74, 6) is 0. The first-order valence-electron chi connectivity index (χ1n) is 6.19. The third-order valence-electron chi connectivity index (χ3n) is 2.94. The topological polar surface area (TPSA) is 73.9 Å². The van der Waals surface area contributed by atoms with Crippen molar-refractivity contribution in [1.29, 1.82) is 0 Å². The van der Waals surface area contributed by atoms with E-state index < -0.39 is 10.2 Å². The van der Waals surface area contributed by atoms with Crippen molar-refractivity contribution in [2.75, 3.05) is 66.6 Å². The monoisotopic (exact) mass is 280 g/mol. The van der Waals surface area contributed by atoms with Gasteiger partial charge < -0.3 is 10.1 Å². The number of methoxy groups -OCH3 is 1. The molecule has 1 aliphatic rings. The molecule has 1 saturated heterocycles. The molecule has 1 fully saturated rings. The third-order valence-corrected chi connectivity index (χ3v) is 4.51. The van der Waals surface area contributed by atoms with E-state index in [2.05, 4.69) is 14.9 Å². The number of rotatable bonds is 8. The van der Waals surface area contributed by atoms with E-state index in [0.717, 1.165) is 32.7 Å². The quantitative estimate of drug-likeness (QED) is 0.555. The van der Waals surface area contributed by atoms with Gasteiger partial charge in [0.05, 0.1) is 6.61 Å². The average Bonchev–Trinajstić information content (AvgIpc) is 2.37. The Morgan fingerprint density at radius 1 is 1.39 bits per heavy atom. The summed E-state index contributed by atoms with van der Waals surface area (Å²) in [5, 5.41) is 3.26. The van der Waals surface area contributed by atoms with E-state index in [9.17, 15) is 8.42 Å². The number of nitrogens with zero attached hydrogens (tertiary/aromatic N) is 2. The number of piperazine rings is 1. The van der Waals surface area contributed by atoms with Crippen LogP contribution in [0, 0.1) is 0 Å². The first-order chi connectivity index (χ1) is 8.56. The van der Waals surface area contributed by atoms with Crippen LogP contribution in [0.3, 0.4) is 0 Å². The highest BCUT2D eigenvalue weighted by Gasteiger charge is 2.17. The fourth-order valence-electron chi connectivity index (χ4n) is 1.72. The van der Waals surface area contributed by atoms with Crippen LogP contribution in [0.5, 0.6) is 0 Å². The maximum atomic E-state index is 11.8. The normalized spacial score (nSPS) is 18.4. The molecule has 0 spiro atoms. The number of hydrogen-bond donors (Lipinski definition) is 2.